The van der Waals surface area contributed by atoms with E-state index in [2.05, 4.69) is 28.0 Å². The molecule has 0 spiro atoms. The summed E-state index contributed by atoms with van der Waals surface area (Å²) in [5.41, 5.74) is 0.400. The second-order valence-corrected chi connectivity index (χ2v) is 6.19. The van der Waals surface area contributed by atoms with E-state index in [-0.39, 0.29) is 0 Å². The minimum Gasteiger partial charge on any atom is -0.384 e. The maximum absolute atomic E-state index is 10.9. The number of aromatic nitrogens is 2. The molecule has 0 aliphatic heterocycles. The SMILES string of the molecule is CCCn1ncc(Br)c1C(O)C1(OC)CCCCC1. The smallest absolute Gasteiger partial charge is 0.126 e. The number of hydrogen-bond donors (Lipinski definition) is 1. The number of aryl methyl sites for hydroxylation is 1. The zero-order chi connectivity index (χ0) is 13.9. The predicted molar refractivity (Wildman–Crippen MR) is 78.0 cm³/mol. The van der Waals surface area contributed by atoms with E-state index < -0.39 is 11.7 Å². The minimum atomic E-state index is -0.624. The number of methoxy groups -OCH3 is 1. The van der Waals surface area contributed by atoms with E-state index in [9.17, 15) is 5.11 Å². The number of hydrogen-bond acceptors (Lipinski definition) is 3. The van der Waals surface area contributed by atoms with Crippen molar-refractivity contribution in [1.29, 1.82) is 0 Å². The van der Waals surface area contributed by atoms with Gasteiger partial charge in [-0.1, -0.05) is 26.2 Å². The number of aliphatic hydroxyl groups is 1. The van der Waals surface area contributed by atoms with Crippen LogP contribution in [0.25, 0.3) is 0 Å². The van der Waals surface area contributed by atoms with Crippen LogP contribution < -0.4 is 0 Å². The van der Waals surface area contributed by atoms with Crippen molar-refractivity contribution in [2.45, 2.75) is 63.7 Å². The molecule has 1 saturated carbocycles. The van der Waals surface area contributed by atoms with Gasteiger partial charge < -0.3 is 9.84 Å². The molecule has 1 heterocycles. The van der Waals surface area contributed by atoms with E-state index in [1.54, 1.807) is 13.3 Å². The third-order valence-corrected chi connectivity index (χ3v) is 4.74. The summed E-state index contributed by atoms with van der Waals surface area (Å²) in [6.07, 6.45) is 7.42. The molecule has 1 aliphatic carbocycles. The molecule has 0 radical (unpaired) electrons. The van der Waals surface area contributed by atoms with Gasteiger partial charge in [0.2, 0.25) is 0 Å². The second kappa shape index (κ2) is 6.37. The standard InChI is InChI=1S/C14H23BrN2O2/c1-3-9-17-12(11(15)10-16-17)13(18)14(19-2)7-5-4-6-8-14/h10,13,18H,3-9H2,1-2H3. The molecule has 2 rings (SSSR count). The maximum Gasteiger partial charge on any atom is 0.126 e. The third kappa shape index (κ3) is 2.88. The van der Waals surface area contributed by atoms with Gasteiger partial charge in [-0.25, -0.2) is 0 Å². The van der Waals surface area contributed by atoms with Gasteiger partial charge in [0, 0.05) is 13.7 Å². The lowest BCUT2D eigenvalue weighted by atomic mass is 9.79. The first-order valence-electron chi connectivity index (χ1n) is 7.09. The summed E-state index contributed by atoms with van der Waals surface area (Å²) < 4.78 is 8.50. The number of rotatable bonds is 5. The Kier molecular flexibility index (Phi) is 5.03. The lowest BCUT2D eigenvalue weighted by Gasteiger charge is -2.40. The Bertz CT molecular complexity index is 414. The molecule has 108 valence electrons. The van der Waals surface area contributed by atoms with Crippen molar-refractivity contribution in [1.82, 2.24) is 9.78 Å². The van der Waals surface area contributed by atoms with Crippen LogP contribution in [0.2, 0.25) is 0 Å². The van der Waals surface area contributed by atoms with Crippen LogP contribution in [0, 0.1) is 0 Å². The van der Waals surface area contributed by atoms with Crippen LogP contribution in [-0.2, 0) is 11.3 Å². The van der Waals surface area contributed by atoms with E-state index in [0.717, 1.165) is 48.8 Å². The molecule has 0 saturated heterocycles. The number of aliphatic hydroxyl groups excluding tert-OH is 1. The van der Waals surface area contributed by atoms with E-state index >= 15 is 0 Å². The van der Waals surface area contributed by atoms with Crippen molar-refractivity contribution in [2.24, 2.45) is 0 Å². The van der Waals surface area contributed by atoms with Gasteiger partial charge in [-0.05, 0) is 35.2 Å². The predicted octanol–water partition coefficient (Wildman–Crippen LogP) is 3.44. The molecule has 1 atom stereocenters. The monoisotopic (exact) mass is 330 g/mol. The van der Waals surface area contributed by atoms with Crippen molar-refractivity contribution in [3.8, 4) is 0 Å². The van der Waals surface area contributed by atoms with Crippen LogP contribution in [0.3, 0.4) is 0 Å². The van der Waals surface area contributed by atoms with Gasteiger partial charge in [-0.2, -0.15) is 5.10 Å². The van der Waals surface area contributed by atoms with Gasteiger partial charge >= 0.3 is 0 Å². The Morgan fingerprint density at radius 2 is 2.16 bits per heavy atom. The van der Waals surface area contributed by atoms with Crippen LogP contribution in [0.1, 0.15) is 57.2 Å². The number of nitrogens with zero attached hydrogens (tertiary/aromatic N) is 2. The first kappa shape index (κ1) is 15.0. The minimum absolute atomic E-state index is 0.452. The Morgan fingerprint density at radius 1 is 1.47 bits per heavy atom. The van der Waals surface area contributed by atoms with Crippen molar-refractivity contribution in [3.63, 3.8) is 0 Å². The summed E-state index contributed by atoms with van der Waals surface area (Å²) in [4.78, 5) is 0. The molecule has 1 aromatic rings. The van der Waals surface area contributed by atoms with Crippen LogP contribution in [0.4, 0.5) is 0 Å². The van der Waals surface area contributed by atoms with Gasteiger partial charge in [0.05, 0.1) is 22.0 Å². The van der Waals surface area contributed by atoms with E-state index in [1.807, 2.05) is 4.68 Å². The lowest BCUT2D eigenvalue weighted by Crippen LogP contribution is -2.41. The van der Waals surface area contributed by atoms with Crippen LogP contribution in [0.5, 0.6) is 0 Å². The van der Waals surface area contributed by atoms with Crippen LogP contribution >= 0.6 is 15.9 Å². The fourth-order valence-corrected chi connectivity index (χ4v) is 3.54. The number of halogens is 1. The normalized spacial score (nSPS) is 20.4. The molecule has 0 aromatic carbocycles. The van der Waals surface area contributed by atoms with Gasteiger partial charge in [0.25, 0.3) is 0 Å². The highest BCUT2D eigenvalue weighted by Gasteiger charge is 2.42. The Labute approximate surface area is 123 Å². The summed E-state index contributed by atoms with van der Waals surface area (Å²) in [5, 5.41) is 15.2. The second-order valence-electron chi connectivity index (χ2n) is 5.33. The Balaban J connectivity index is 2.31. The third-order valence-electron chi connectivity index (χ3n) is 4.13. The molecule has 1 N–H and O–H groups in total. The molecule has 0 bridgehead atoms. The topological polar surface area (TPSA) is 47.3 Å². The summed E-state index contributed by atoms with van der Waals surface area (Å²) in [6, 6.07) is 0. The van der Waals surface area contributed by atoms with E-state index in [0.29, 0.717) is 0 Å². The molecular weight excluding hydrogens is 308 g/mol. The maximum atomic E-state index is 10.9. The van der Waals surface area contributed by atoms with Gasteiger partial charge in [-0.15, -0.1) is 0 Å². The quantitative estimate of drug-likeness (QED) is 0.899. The van der Waals surface area contributed by atoms with Gasteiger partial charge in [0.15, 0.2) is 0 Å². The highest BCUT2D eigenvalue weighted by Crippen LogP contribution is 2.42. The molecule has 1 fully saturated rings. The van der Waals surface area contributed by atoms with Crippen molar-refractivity contribution < 1.29 is 9.84 Å². The van der Waals surface area contributed by atoms with Crippen LogP contribution in [-0.4, -0.2) is 27.6 Å². The summed E-state index contributed by atoms with van der Waals surface area (Å²) in [7, 11) is 1.71. The lowest BCUT2D eigenvalue weighted by molar-refractivity contribution is -0.128. The largest absolute Gasteiger partial charge is 0.384 e. The zero-order valence-electron chi connectivity index (χ0n) is 11.7. The highest BCUT2D eigenvalue weighted by atomic mass is 79.9. The average molecular weight is 331 g/mol. The first-order valence-corrected chi connectivity index (χ1v) is 7.88. The van der Waals surface area contributed by atoms with Crippen LogP contribution in [0.15, 0.2) is 10.7 Å². The fraction of sp³-hybridized carbons (Fsp3) is 0.786. The van der Waals surface area contributed by atoms with E-state index in [1.165, 1.54) is 6.42 Å². The Hall–Kier alpha value is -0.390. The summed E-state index contributed by atoms with van der Waals surface area (Å²) in [5.74, 6) is 0. The molecule has 1 aliphatic rings. The van der Waals surface area contributed by atoms with Gasteiger partial charge in [-0.3, -0.25) is 4.68 Å². The summed E-state index contributed by atoms with van der Waals surface area (Å²) >= 11 is 3.51. The molecule has 5 heteroatoms. The van der Waals surface area contributed by atoms with Gasteiger partial charge in [0.1, 0.15) is 6.10 Å². The number of ether oxygens (including phenoxy) is 1. The van der Waals surface area contributed by atoms with Crippen molar-refractivity contribution in [3.05, 3.63) is 16.4 Å². The highest BCUT2D eigenvalue weighted by molar-refractivity contribution is 9.10. The summed E-state index contributed by atoms with van der Waals surface area (Å²) in [6.45, 7) is 2.93. The average Bonchev–Trinajstić information content (AvgIpc) is 2.80. The molecule has 19 heavy (non-hydrogen) atoms. The molecule has 1 aromatic heterocycles. The van der Waals surface area contributed by atoms with E-state index in [4.69, 9.17) is 4.74 Å². The zero-order valence-corrected chi connectivity index (χ0v) is 13.3. The molecule has 0 amide bonds. The Morgan fingerprint density at radius 3 is 2.74 bits per heavy atom. The van der Waals surface area contributed by atoms with Crippen molar-refractivity contribution in [2.75, 3.05) is 7.11 Å². The fourth-order valence-electron chi connectivity index (χ4n) is 3.02. The van der Waals surface area contributed by atoms with Crippen molar-refractivity contribution >= 4 is 15.9 Å². The first-order chi connectivity index (χ1) is 9.14. The molecular formula is C14H23BrN2O2. The molecule has 4 nitrogen and oxygen atoms in total. The molecule has 1 unspecified atom stereocenters.